The molecule has 0 bridgehead atoms. The molecule has 1 saturated carbocycles. The second-order valence-electron chi connectivity index (χ2n) is 7.12. The van der Waals surface area contributed by atoms with Crippen LogP contribution >= 0.6 is 0 Å². The van der Waals surface area contributed by atoms with Crippen LogP contribution in [-0.4, -0.2) is 17.9 Å². The minimum atomic E-state index is -0.0964. The molecule has 4 heteroatoms. The number of hydrogen-bond donors (Lipinski definition) is 2. The average molecular weight is 314 g/mol. The van der Waals surface area contributed by atoms with Crippen molar-refractivity contribution < 1.29 is 9.59 Å². The van der Waals surface area contributed by atoms with Crippen LogP contribution in [-0.2, 0) is 16.0 Å². The first kappa shape index (κ1) is 16.0. The van der Waals surface area contributed by atoms with Gasteiger partial charge in [0.05, 0.1) is 0 Å². The average Bonchev–Trinajstić information content (AvgIpc) is 2.53. The zero-order chi connectivity index (χ0) is 16.2. The molecule has 2 N–H and O–H groups in total. The maximum absolute atomic E-state index is 12.2. The Labute approximate surface area is 138 Å². The van der Waals surface area contributed by atoms with Gasteiger partial charge in [-0.05, 0) is 43.2 Å². The zero-order valence-electron chi connectivity index (χ0n) is 13.8. The summed E-state index contributed by atoms with van der Waals surface area (Å²) in [4.78, 5) is 24.3. The Kier molecular flexibility index (Phi) is 4.99. The van der Waals surface area contributed by atoms with E-state index in [0.29, 0.717) is 24.8 Å². The van der Waals surface area contributed by atoms with E-state index in [2.05, 4.69) is 17.6 Å². The van der Waals surface area contributed by atoms with Gasteiger partial charge in [-0.25, -0.2) is 0 Å². The van der Waals surface area contributed by atoms with Crippen molar-refractivity contribution in [2.24, 2.45) is 11.8 Å². The molecule has 2 aliphatic rings. The Balaban J connectivity index is 1.48. The summed E-state index contributed by atoms with van der Waals surface area (Å²) in [6.07, 6.45) is 6.44. The van der Waals surface area contributed by atoms with Crippen molar-refractivity contribution in [2.75, 3.05) is 5.32 Å². The fourth-order valence-electron chi connectivity index (χ4n) is 3.82. The Morgan fingerprint density at radius 3 is 2.96 bits per heavy atom. The van der Waals surface area contributed by atoms with Crippen molar-refractivity contribution >= 4 is 17.5 Å². The molecule has 0 spiro atoms. The van der Waals surface area contributed by atoms with Crippen LogP contribution in [0.3, 0.4) is 0 Å². The maximum Gasteiger partial charge on any atom is 0.227 e. The van der Waals surface area contributed by atoms with E-state index in [4.69, 9.17) is 0 Å². The smallest absolute Gasteiger partial charge is 0.227 e. The lowest BCUT2D eigenvalue weighted by atomic mass is 9.86. The third kappa shape index (κ3) is 4.12. The van der Waals surface area contributed by atoms with Crippen molar-refractivity contribution in [2.45, 2.75) is 57.9 Å². The summed E-state index contributed by atoms with van der Waals surface area (Å²) in [5.74, 6) is 0.745. The molecule has 1 aliphatic heterocycles. The number of para-hydroxylation sites is 1. The Hall–Kier alpha value is -1.84. The van der Waals surface area contributed by atoms with E-state index < -0.39 is 0 Å². The summed E-state index contributed by atoms with van der Waals surface area (Å²) in [6.45, 7) is 2.25. The van der Waals surface area contributed by atoms with Crippen molar-refractivity contribution in [3.8, 4) is 0 Å². The third-order valence-corrected chi connectivity index (χ3v) is 5.13. The summed E-state index contributed by atoms with van der Waals surface area (Å²) in [5, 5.41) is 6.10. The van der Waals surface area contributed by atoms with Gasteiger partial charge in [0.2, 0.25) is 11.8 Å². The molecule has 1 aromatic rings. The first-order valence-electron chi connectivity index (χ1n) is 8.80. The number of fused-ring (bicyclic) bond motifs is 1. The number of anilines is 1. The first-order valence-corrected chi connectivity index (χ1v) is 8.80. The van der Waals surface area contributed by atoms with Crippen molar-refractivity contribution in [3.05, 3.63) is 29.8 Å². The summed E-state index contributed by atoms with van der Waals surface area (Å²) >= 11 is 0. The van der Waals surface area contributed by atoms with E-state index in [1.54, 1.807) is 0 Å². The lowest BCUT2D eigenvalue weighted by molar-refractivity contribution is -0.123. The van der Waals surface area contributed by atoms with E-state index in [-0.39, 0.29) is 17.7 Å². The van der Waals surface area contributed by atoms with Crippen LogP contribution in [0.5, 0.6) is 0 Å². The van der Waals surface area contributed by atoms with Crippen LogP contribution < -0.4 is 10.6 Å². The molecular weight excluding hydrogens is 288 g/mol. The van der Waals surface area contributed by atoms with Crippen LogP contribution in [0, 0.1) is 11.8 Å². The summed E-state index contributed by atoms with van der Waals surface area (Å²) in [7, 11) is 0. The lowest BCUT2D eigenvalue weighted by Crippen LogP contribution is -2.38. The fraction of sp³-hybridized carbons (Fsp3) is 0.579. The van der Waals surface area contributed by atoms with Gasteiger partial charge in [-0.1, -0.05) is 38.0 Å². The predicted molar refractivity (Wildman–Crippen MR) is 91.1 cm³/mol. The van der Waals surface area contributed by atoms with Gasteiger partial charge < -0.3 is 10.6 Å². The van der Waals surface area contributed by atoms with Crippen molar-refractivity contribution in [1.29, 1.82) is 0 Å². The number of carbonyl (C=O) groups excluding carboxylic acids is 2. The molecule has 1 aliphatic carbocycles. The van der Waals surface area contributed by atoms with Crippen molar-refractivity contribution in [1.82, 2.24) is 5.32 Å². The van der Waals surface area contributed by atoms with Gasteiger partial charge in [0, 0.05) is 24.1 Å². The first-order chi connectivity index (χ1) is 11.1. The van der Waals surface area contributed by atoms with Crippen LogP contribution in [0.1, 0.15) is 51.0 Å². The number of carbonyl (C=O) groups is 2. The molecule has 124 valence electrons. The van der Waals surface area contributed by atoms with Gasteiger partial charge in [0.1, 0.15) is 0 Å². The zero-order valence-corrected chi connectivity index (χ0v) is 13.8. The highest BCUT2D eigenvalue weighted by Crippen LogP contribution is 2.28. The van der Waals surface area contributed by atoms with Gasteiger partial charge in [-0.15, -0.1) is 0 Å². The van der Waals surface area contributed by atoms with E-state index in [1.165, 1.54) is 18.4 Å². The molecule has 3 rings (SSSR count). The number of hydrogen-bond acceptors (Lipinski definition) is 2. The molecule has 3 atom stereocenters. The molecule has 0 radical (unpaired) electrons. The van der Waals surface area contributed by atoms with Crippen LogP contribution in [0.4, 0.5) is 5.69 Å². The second-order valence-corrected chi connectivity index (χ2v) is 7.12. The third-order valence-electron chi connectivity index (χ3n) is 5.13. The monoisotopic (exact) mass is 314 g/mol. The molecule has 4 nitrogen and oxygen atoms in total. The van der Waals surface area contributed by atoms with Gasteiger partial charge >= 0.3 is 0 Å². The molecule has 1 aromatic carbocycles. The fourth-order valence-corrected chi connectivity index (χ4v) is 3.82. The molecule has 1 heterocycles. The standard InChI is InChI=1S/C19H26N2O2/c1-13-5-4-7-16(11-13)20-18(22)10-9-15-12-14-6-2-3-8-17(14)21-19(15)23/h2-3,6,8,13,15-16H,4-5,7,9-12H2,1H3,(H,20,22)(H,21,23). The number of nitrogens with one attached hydrogen (secondary N) is 2. The second kappa shape index (κ2) is 7.16. The van der Waals surface area contributed by atoms with E-state index in [0.717, 1.165) is 24.9 Å². The minimum Gasteiger partial charge on any atom is -0.353 e. The lowest BCUT2D eigenvalue weighted by Gasteiger charge is -2.28. The maximum atomic E-state index is 12.2. The quantitative estimate of drug-likeness (QED) is 0.896. The van der Waals surface area contributed by atoms with Crippen molar-refractivity contribution in [3.63, 3.8) is 0 Å². The summed E-state index contributed by atoms with van der Waals surface area (Å²) in [6, 6.07) is 8.22. The molecule has 23 heavy (non-hydrogen) atoms. The summed E-state index contributed by atoms with van der Waals surface area (Å²) in [5.41, 5.74) is 2.08. The van der Waals surface area contributed by atoms with E-state index in [1.807, 2.05) is 24.3 Å². The van der Waals surface area contributed by atoms with E-state index >= 15 is 0 Å². The normalized spacial score (nSPS) is 27.0. The molecule has 2 amide bonds. The molecule has 1 fully saturated rings. The number of benzene rings is 1. The highest BCUT2D eigenvalue weighted by atomic mass is 16.2. The summed E-state index contributed by atoms with van der Waals surface area (Å²) < 4.78 is 0. The largest absolute Gasteiger partial charge is 0.353 e. The van der Waals surface area contributed by atoms with E-state index in [9.17, 15) is 9.59 Å². The van der Waals surface area contributed by atoms with Gasteiger partial charge in [-0.3, -0.25) is 9.59 Å². The number of rotatable bonds is 4. The number of amides is 2. The molecule has 0 saturated heterocycles. The van der Waals surface area contributed by atoms with Gasteiger partial charge in [0.25, 0.3) is 0 Å². The highest BCUT2D eigenvalue weighted by molar-refractivity contribution is 5.96. The Morgan fingerprint density at radius 1 is 1.30 bits per heavy atom. The molecule has 3 unspecified atom stereocenters. The van der Waals surface area contributed by atoms with Crippen LogP contribution in [0.25, 0.3) is 0 Å². The SMILES string of the molecule is CC1CCCC(NC(=O)CCC2Cc3ccccc3NC2=O)C1. The Bertz CT molecular complexity index is 584. The molecular formula is C19H26N2O2. The van der Waals surface area contributed by atoms with Crippen LogP contribution in [0.15, 0.2) is 24.3 Å². The predicted octanol–water partition coefficient (Wildman–Crippen LogP) is 3.27. The minimum absolute atomic E-state index is 0.0442. The van der Waals surface area contributed by atoms with Crippen LogP contribution in [0.2, 0.25) is 0 Å². The Morgan fingerprint density at radius 2 is 2.13 bits per heavy atom. The topological polar surface area (TPSA) is 58.2 Å². The molecule has 0 aromatic heterocycles. The van der Waals surface area contributed by atoms with Gasteiger partial charge in [0.15, 0.2) is 0 Å². The van der Waals surface area contributed by atoms with Gasteiger partial charge in [-0.2, -0.15) is 0 Å². The highest BCUT2D eigenvalue weighted by Gasteiger charge is 2.27.